The molecular formula is C19H15Cl3N8. The Labute approximate surface area is 188 Å². The van der Waals surface area contributed by atoms with E-state index in [1.807, 2.05) is 18.2 Å². The number of rotatable bonds is 5. The van der Waals surface area contributed by atoms with Crippen LogP contribution in [0.15, 0.2) is 58.8 Å². The zero-order valence-electron chi connectivity index (χ0n) is 15.6. The standard InChI is InChI=1S/C19H14Cl2N8.ClH/c1-29(19-25-16(20)15(10-22)17(21)26-19)14-8-6-13(7-9-14)28-27-12-4-2-11(3-5-12)18(23)24;/h2-9H,1H3,(H3,23,24);1H. The quantitative estimate of drug-likeness (QED) is 0.244. The zero-order valence-corrected chi connectivity index (χ0v) is 17.9. The molecule has 1 heterocycles. The molecule has 4 N–H and O–H groups in total. The molecule has 11 heteroatoms. The summed E-state index contributed by atoms with van der Waals surface area (Å²) < 4.78 is 0. The van der Waals surface area contributed by atoms with Crippen LogP contribution >= 0.6 is 23.2 Å². The molecule has 0 aliphatic rings. The predicted molar refractivity (Wildman–Crippen MR) is 112 cm³/mol. The van der Waals surface area contributed by atoms with E-state index >= 15 is 0 Å². The summed E-state index contributed by atoms with van der Waals surface area (Å²) in [5.41, 5.74) is 8.43. The average Bonchev–Trinajstić information content (AvgIpc) is 2.72. The smallest absolute Gasteiger partial charge is 0.270 e. The van der Waals surface area contributed by atoms with Gasteiger partial charge in [-0.25, -0.2) is 0 Å². The molecule has 1 aromatic heterocycles. The molecule has 0 atom stereocenters. The number of hydrogen-bond acceptors (Lipinski definition) is 6. The van der Waals surface area contributed by atoms with Crippen LogP contribution in [-0.2, 0) is 0 Å². The number of benzene rings is 2. The molecule has 152 valence electrons. The molecule has 0 aliphatic carbocycles. The van der Waals surface area contributed by atoms with Crippen molar-refractivity contribution < 1.29 is 17.8 Å². The highest BCUT2D eigenvalue weighted by Crippen LogP contribution is 2.28. The lowest BCUT2D eigenvalue weighted by atomic mass is 10.2. The second-order valence-corrected chi connectivity index (χ2v) is 6.59. The number of halogens is 3. The van der Waals surface area contributed by atoms with Crippen molar-refractivity contribution >= 4 is 52.0 Å². The average molecular weight is 462 g/mol. The highest BCUT2D eigenvalue weighted by molar-refractivity contribution is 6.35. The number of amidine groups is 1. The molecule has 0 saturated heterocycles. The van der Waals surface area contributed by atoms with E-state index in [2.05, 4.69) is 20.2 Å². The van der Waals surface area contributed by atoms with Gasteiger partial charge in [-0.1, -0.05) is 23.2 Å². The molecule has 0 spiro atoms. The highest BCUT2D eigenvalue weighted by atomic mass is 35.5. The fourth-order valence-electron chi connectivity index (χ4n) is 2.33. The highest BCUT2D eigenvalue weighted by Gasteiger charge is 2.15. The van der Waals surface area contributed by atoms with Crippen molar-refractivity contribution in [3.8, 4) is 6.07 Å². The van der Waals surface area contributed by atoms with E-state index in [1.165, 1.54) is 0 Å². The first-order valence-corrected chi connectivity index (χ1v) is 9.01. The van der Waals surface area contributed by atoms with Gasteiger partial charge in [0, 0.05) is 12.7 Å². The Morgan fingerprint density at radius 3 is 1.90 bits per heavy atom. The van der Waals surface area contributed by atoms with Crippen LogP contribution in [-0.4, -0.2) is 22.9 Å². The normalized spacial score (nSPS) is 10.3. The van der Waals surface area contributed by atoms with Crippen LogP contribution in [0.3, 0.4) is 0 Å². The summed E-state index contributed by atoms with van der Waals surface area (Å²) in [4.78, 5) is 9.91. The number of anilines is 2. The van der Waals surface area contributed by atoms with Crippen molar-refractivity contribution in [2.24, 2.45) is 16.0 Å². The van der Waals surface area contributed by atoms with Gasteiger partial charge < -0.3 is 17.3 Å². The second kappa shape index (κ2) is 9.98. The number of hydrogen-bond donors (Lipinski definition) is 2. The third-order valence-electron chi connectivity index (χ3n) is 3.94. The third-order valence-corrected chi connectivity index (χ3v) is 4.49. The Morgan fingerprint density at radius 1 is 1.00 bits per heavy atom. The van der Waals surface area contributed by atoms with E-state index in [0.29, 0.717) is 11.4 Å². The summed E-state index contributed by atoms with van der Waals surface area (Å²) in [6, 6.07) is 16.2. The molecule has 0 aliphatic heterocycles. The Hall–Kier alpha value is -3.25. The molecule has 8 nitrogen and oxygen atoms in total. The summed E-state index contributed by atoms with van der Waals surface area (Å²) in [6.45, 7) is 0. The van der Waals surface area contributed by atoms with Crippen LogP contribution < -0.4 is 28.4 Å². The minimum atomic E-state index is -0.000203. The van der Waals surface area contributed by atoms with Gasteiger partial charge in [0.25, 0.3) is 5.84 Å². The summed E-state index contributed by atoms with van der Waals surface area (Å²) in [6.07, 6.45) is 0. The first-order chi connectivity index (χ1) is 13.9. The van der Waals surface area contributed by atoms with E-state index in [4.69, 9.17) is 39.6 Å². The number of nitrogens with zero attached hydrogens (tertiary/aromatic N) is 6. The SMILES string of the molecule is CN(c1ccc(N=Nc2ccc(C(N)=[NH2+])cc2)cc1)c1nc(Cl)c(C#N)c(Cl)n1.[Cl-]. The van der Waals surface area contributed by atoms with Crippen LogP contribution in [0.25, 0.3) is 0 Å². The third kappa shape index (κ3) is 5.21. The number of nitriles is 1. The van der Waals surface area contributed by atoms with E-state index in [9.17, 15) is 0 Å². The molecule has 0 saturated carbocycles. The van der Waals surface area contributed by atoms with Crippen molar-refractivity contribution in [2.45, 2.75) is 0 Å². The summed E-state index contributed by atoms with van der Waals surface area (Å²) >= 11 is 12.0. The maximum Gasteiger partial charge on any atom is 0.270 e. The Kier molecular flexibility index (Phi) is 7.66. The van der Waals surface area contributed by atoms with Gasteiger partial charge in [0.2, 0.25) is 5.95 Å². The van der Waals surface area contributed by atoms with Gasteiger partial charge in [-0.15, -0.1) is 0 Å². The van der Waals surface area contributed by atoms with Crippen LogP contribution in [0.2, 0.25) is 10.3 Å². The Morgan fingerprint density at radius 2 is 1.47 bits per heavy atom. The maximum atomic E-state index is 9.00. The fraction of sp³-hybridized carbons (Fsp3) is 0.0526. The lowest BCUT2D eigenvalue weighted by Gasteiger charge is -2.17. The molecule has 3 rings (SSSR count). The second-order valence-electron chi connectivity index (χ2n) is 5.87. The van der Waals surface area contributed by atoms with Crippen molar-refractivity contribution in [3.05, 3.63) is 70.0 Å². The minimum Gasteiger partial charge on any atom is -1.00 e. The molecule has 0 radical (unpaired) electrons. The molecule has 0 amide bonds. The molecular weight excluding hydrogens is 447 g/mol. The first kappa shape index (κ1) is 23.0. The molecule has 2 aromatic carbocycles. The Balaban J connectivity index is 0.00000320. The summed E-state index contributed by atoms with van der Waals surface area (Å²) in [7, 11) is 1.76. The summed E-state index contributed by atoms with van der Waals surface area (Å²) in [5, 5.41) is 22.9. The lowest BCUT2D eigenvalue weighted by Crippen LogP contribution is -3.00. The monoisotopic (exact) mass is 460 g/mol. The number of aromatic nitrogens is 2. The topological polar surface area (TPSA) is 129 Å². The summed E-state index contributed by atoms with van der Waals surface area (Å²) in [5.74, 6) is 0.520. The first-order valence-electron chi connectivity index (χ1n) is 8.26. The van der Waals surface area contributed by atoms with E-state index < -0.39 is 0 Å². The van der Waals surface area contributed by atoms with Gasteiger partial charge in [0.15, 0.2) is 10.3 Å². The van der Waals surface area contributed by atoms with Gasteiger partial charge in [-0.3, -0.25) is 11.1 Å². The van der Waals surface area contributed by atoms with Crippen LogP contribution in [0, 0.1) is 11.3 Å². The largest absolute Gasteiger partial charge is 1.00 e. The molecule has 0 unspecified atom stereocenters. The zero-order chi connectivity index (χ0) is 21.0. The molecule has 0 fully saturated rings. The lowest BCUT2D eigenvalue weighted by molar-refractivity contribution is -0.114. The molecule has 30 heavy (non-hydrogen) atoms. The van der Waals surface area contributed by atoms with Crippen molar-refractivity contribution in [1.29, 1.82) is 5.26 Å². The Bertz CT molecular complexity index is 1100. The van der Waals surface area contributed by atoms with Crippen LogP contribution in [0.1, 0.15) is 11.1 Å². The predicted octanol–water partition coefficient (Wildman–Crippen LogP) is 0.307. The van der Waals surface area contributed by atoms with Gasteiger partial charge in [-0.05, 0) is 48.5 Å². The van der Waals surface area contributed by atoms with Gasteiger partial charge in [0.05, 0.1) is 16.9 Å². The van der Waals surface area contributed by atoms with E-state index in [0.717, 1.165) is 11.3 Å². The molecule has 3 aromatic rings. The number of azo groups is 1. The van der Waals surface area contributed by atoms with Gasteiger partial charge >= 0.3 is 0 Å². The van der Waals surface area contributed by atoms with Gasteiger partial charge in [0.1, 0.15) is 11.6 Å². The fourth-order valence-corrected chi connectivity index (χ4v) is 2.80. The van der Waals surface area contributed by atoms with E-state index in [-0.39, 0.29) is 40.1 Å². The van der Waals surface area contributed by atoms with Crippen molar-refractivity contribution in [3.63, 3.8) is 0 Å². The molecule has 0 bridgehead atoms. The maximum absolute atomic E-state index is 9.00. The van der Waals surface area contributed by atoms with Crippen LogP contribution in [0.5, 0.6) is 0 Å². The van der Waals surface area contributed by atoms with Crippen molar-refractivity contribution in [1.82, 2.24) is 9.97 Å². The van der Waals surface area contributed by atoms with Crippen molar-refractivity contribution in [2.75, 3.05) is 11.9 Å². The van der Waals surface area contributed by atoms with Gasteiger partial charge in [-0.2, -0.15) is 25.5 Å². The van der Waals surface area contributed by atoms with Crippen LogP contribution in [0.4, 0.5) is 23.0 Å². The minimum absolute atomic E-state index is 0. The van der Waals surface area contributed by atoms with E-state index in [1.54, 1.807) is 48.3 Å². The number of nitrogens with two attached hydrogens (primary N) is 2.